The van der Waals surface area contributed by atoms with Gasteiger partial charge < -0.3 is 19.1 Å². The minimum absolute atomic E-state index is 0.370. The van der Waals surface area contributed by atoms with Crippen LogP contribution in [0.15, 0.2) is 48.5 Å². The fourth-order valence-electron chi connectivity index (χ4n) is 3.23. The molecule has 2 aromatic carbocycles. The van der Waals surface area contributed by atoms with Crippen molar-refractivity contribution in [2.75, 3.05) is 20.8 Å². The van der Waals surface area contributed by atoms with Crippen molar-refractivity contribution >= 4 is 17.0 Å². The summed E-state index contributed by atoms with van der Waals surface area (Å²) in [5, 5.41) is 1.04. The fourth-order valence-corrected chi connectivity index (χ4v) is 3.23. The van der Waals surface area contributed by atoms with E-state index in [9.17, 15) is 4.79 Å². The summed E-state index contributed by atoms with van der Waals surface area (Å²) in [6.07, 6.45) is 0.317. The maximum absolute atomic E-state index is 12.4. The van der Waals surface area contributed by atoms with Crippen molar-refractivity contribution in [3.8, 4) is 17.4 Å². The van der Waals surface area contributed by atoms with E-state index in [1.807, 2.05) is 48.5 Å². The van der Waals surface area contributed by atoms with Gasteiger partial charge in [0.15, 0.2) is 11.5 Å². The molecule has 1 aromatic heterocycles. The van der Waals surface area contributed by atoms with E-state index in [1.165, 1.54) is 0 Å². The maximum atomic E-state index is 12.4. The van der Waals surface area contributed by atoms with Crippen LogP contribution in [-0.2, 0) is 13.0 Å². The predicted octanol–water partition coefficient (Wildman–Crippen LogP) is 3.81. The Hall–Kier alpha value is -3.28. The van der Waals surface area contributed by atoms with Crippen LogP contribution in [0.1, 0.15) is 11.1 Å². The Morgan fingerprint density at radius 3 is 2.70 bits per heavy atom. The molecule has 0 aliphatic carbocycles. The molecular formula is C21H20N2O4. The number of amides is 1. The van der Waals surface area contributed by atoms with Crippen LogP contribution in [0.2, 0.25) is 0 Å². The van der Waals surface area contributed by atoms with Gasteiger partial charge in [-0.3, -0.25) is 0 Å². The van der Waals surface area contributed by atoms with Crippen LogP contribution in [0.3, 0.4) is 0 Å². The van der Waals surface area contributed by atoms with Crippen molar-refractivity contribution < 1.29 is 19.0 Å². The average Bonchev–Trinajstić information content (AvgIpc) is 2.70. The van der Waals surface area contributed by atoms with Crippen molar-refractivity contribution in [1.82, 2.24) is 9.88 Å². The predicted molar refractivity (Wildman–Crippen MR) is 101 cm³/mol. The highest BCUT2D eigenvalue weighted by molar-refractivity contribution is 5.82. The van der Waals surface area contributed by atoms with Crippen LogP contribution < -0.4 is 14.2 Å². The Balaban J connectivity index is 1.51. The molecule has 1 aliphatic heterocycles. The molecule has 3 aromatic rings. The molecule has 0 fully saturated rings. The Morgan fingerprint density at radius 1 is 1.07 bits per heavy atom. The molecule has 0 unspecified atom stereocenters. The number of aromatic nitrogens is 1. The summed E-state index contributed by atoms with van der Waals surface area (Å²) in [4.78, 5) is 18.5. The van der Waals surface area contributed by atoms with Gasteiger partial charge in [0.2, 0.25) is 5.88 Å². The molecule has 0 saturated heterocycles. The van der Waals surface area contributed by atoms with Crippen LogP contribution in [0, 0.1) is 0 Å². The number of benzene rings is 2. The molecule has 0 N–H and O–H groups in total. The van der Waals surface area contributed by atoms with Crippen LogP contribution in [0.5, 0.6) is 17.4 Å². The molecule has 6 nitrogen and oxygen atoms in total. The van der Waals surface area contributed by atoms with Gasteiger partial charge in [0, 0.05) is 17.5 Å². The first-order chi connectivity index (χ1) is 13.2. The second-order valence-corrected chi connectivity index (χ2v) is 6.37. The van der Waals surface area contributed by atoms with Gasteiger partial charge in [0.05, 0.1) is 26.3 Å². The van der Waals surface area contributed by atoms with Crippen molar-refractivity contribution in [2.45, 2.75) is 13.0 Å². The number of ether oxygens (including phenoxy) is 3. The molecule has 4 rings (SSSR count). The minimum Gasteiger partial charge on any atom is -0.493 e. The number of hydrogen-bond acceptors (Lipinski definition) is 5. The standard InChI is InChI=1S/C21H20N2O4/c1-25-18-8-7-14(11-19(18)26-2)9-10-23-13-16-12-15-5-3-4-6-17(15)22-20(16)27-21(23)24/h3-8,11-12H,9-10,13H2,1-2H3. The van der Waals surface area contributed by atoms with Gasteiger partial charge >= 0.3 is 6.09 Å². The number of pyridine rings is 1. The van der Waals surface area contributed by atoms with Crippen molar-refractivity contribution in [1.29, 1.82) is 0 Å². The molecule has 138 valence electrons. The third-order valence-corrected chi connectivity index (χ3v) is 4.68. The molecule has 1 aliphatic rings. The van der Waals surface area contributed by atoms with Crippen molar-refractivity contribution in [3.05, 3.63) is 59.7 Å². The lowest BCUT2D eigenvalue weighted by Gasteiger charge is -2.27. The average molecular weight is 364 g/mol. The van der Waals surface area contributed by atoms with E-state index in [1.54, 1.807) is 19.1 Å². The highest BCUT2D eigenvalue weighted by Crippen LogP contribution is 2.29. The largest absolute Gasteiger partial charge is 0.493 e. The lowest BCUT2D eigenvalue weighted by atomic mass is 10.1. The van der Waals surface area contributed by atoms with Gasteiger partial charge in [-0.05, 0) is 36.2 Å². The van der Waals surface area contributed by atoms with Crippen molar-refractivity contribution in [2.24, 2.45) is 0 Å². The van der Waals surface area contributed by atoms with Gasteiger partial charge in [0.25, 0.3) is 0 Å². The summed E-state index contributed by atoms with van der Waals surface area (Å²) in [6, 6.07) is 15.6. The highest BCUT2D eigenvalue weighted by Gasteiger charge is 2.26. The van der Waals surface area contributed by atoms with Gasteiger partial charge in [-0.1, -0.05) is 24.3 Å². The zero-order chi connectivity index (χ0) is 18.8. The number of para-hydroxylation sites is 1. The Morgan fingerprint density at radius 2 is 1.89 bits per heavy atom. The maximum Gasteiger partial charge on any atom is 0.416 e. The number of rotatable bonds is 5. The number of carbonyl (C=O) groups excluding carboxylic acids is 1. The van der Waals surface area contributed by atoms with Gasteiger partial charge in [-0.2, -0.15) is 0 Å². The minimum atomic E-state index is -0.370. The van der Waals surface area contributed by atoms with E-state index in [-0.39, 0.29) is 6.09 Å². The first kappa shape index (κ1) is 17.1. The first-order valence-electron chi connectivity index (χ1n) is 8.74. The normalized spacial score (nSPS) is 13.3. The molecule has 27 heavy (non-hydrogen) atoms. The molecule has 0 bridgehead atoms. The molecule has 1 amide bonds. The first-order valence-corrected chi connectivity index (χ1v) is 8.74. The fraction of sp³-hybridized carbons (Fsp3) is 0.238. The molecular weight excluding hydrogens is 344 g/mol. The van der Waals surface area contributed by atoms with Crippen LogP contribution in [-0.4, -0.2) is 36.7 Å². The van der Waals surface area contributed by atoms with Crippen molar-refractivity contribution in [3.63, 3.8) is 0 Å². The summed E-state index contributed by atoms with van der Waals surface area (Å²) >= 11 is 0. The van der Waals surface area contributed by atoms with E-state index < -0.39 is 0 Å². The molecule has 0 spiro atoms. The van der Waals surface area contributed by atoms with E-state index in [0.29, 0.717) is 36.9 Å². The Bertz CT molecular complexity index is 1000. The van der Waals surface area contributed by atoms with Gasteiger partial charge in [-0.15, -0.1) is 0 Å². The van der Waals surface area contributed by atoms with Crippen LogP contribution in [0.4, 0.5) is 4.79 Å². The Labute approximate surface area is 157 Å². The van der Waals surface area contributed by atoms with E-state index in [2.05, 4.69) is 4.98 Å². The number of methoxy groups -OCH3 is 2. The quantitative estimate of drug-likeness (QED) is 0.689. The summed E-state index contributed by atoms with van der Waals surface area (Å²) in [7, 11) is 3.22. The Kier molecular flexibility index (Phi) is 4.54. The highest BCUT2D eigenvalue weighted by atomic mass is 16.6. The number of nitrogens with zero attached hydrogens (tertiary/aromatic N) is 2. The summed E-state index contributed by atoms with van der Waals surface area (Å²) in [6.45, 7) is 1.03. The molecule has 2 heterocycles. The lowest BCUT2D eigenvalue weighted by molar-refractivity contribution is 0.137. The second kappa shape index (κ2) is 7.15. The zero-order valence-electron chi connectivity index (χ0n) is 15.3. The molecule has 0 radical (unpaired) electrons. The summed E-state index contributed by atoms with van der Waals surface area (Å²) in [5.74, 6) is 1.77. The smallest absolute Gasteiger partial charge is 0.416 e. The van der Waals surface area contributed by atoms with E-state index >= 15 is 0 Å². The van der Waals surface area contributed by atoms with E-state index in [0.717, 1.165) is 22.0 Å². The number of carbonyl (C=O) groups is 1. The summed E-state index contributed by atoms with van der Waals surface area (Å²) < 4.78 is 16.1. The topological polar surface area (TPSA) is 60.9 Å². The van der Waals surface area contributed by atoms with Crippen LogP contribution >= 0.6 is 0 Å². The van der Waals surface area contributed by atoms with Gasteiger partial charge in [0.1, 0.15) is 0 Å². The van der Waals surface area contributed by atoms with Gasteiger partial charge in [-0.25, -0.2) is 9.78 Å². The van der Waals surface area contributed by atoms with Crippen LogP contribution in [0.25, 0.3) is 10.9 Å². The third kappa shape index (κ3) is 3.38. The second-order valence-electron chi connectivity index (χ2n) is 6.37. The SMILES string of the molecule is COc1ccc(CCN2Cc3cc4ccccc4nc3OC2=O)cc1OC. The van der Waals surface area contributed by atoms with E-state index in [4.69, 9.17) is 14.2 Å². The molecule has 0 atom stereocenters. The summed E-state index contributed by atoms with van der Waals surface area (Å²) in [5.41, 5.74) is 2.80. The lowest BCUT2D eigenvalue weighted by Crippen LogP contribution is -2.38. The number of fused-ring (bicyclic) bond motifs is 2. The molecule has 6 heteroatoms. The third-order valence-electron chi connectivity index (χ3n) is 4.68. The zero-order valence-corrected chi connectivity index (χ0v) is 15.3. The number of hydrogen-bond donors (Lipinski definition) is 0. The monoisotopic (exact) mass is 364 g/mol. The molecule has 0 saturated carbocycles.